The van der Waals surface area contributed by atoms with Crippen molar-refractivity contribution in [3.63, 3.8) is 0 Å². The van der Waals surface area contributed by atoms with Gasteiger partial charge in [0.05, 0.1) is 23.6 Å². The van der Waals surface area contributed by atoms with E-state index < -0.39 is 16.0 Å². The van der Waals surface area contributed by atoms with Crippen molar-refractivity contribution >= 4 is 21.7 Å². The summed E-state index contributed by atoms with van der Waals surface area (Å²) in [5, 5.41) is 9.10. The molecule has 0 radical (unpaired) electrons. The van der Waals surface area contributed by atoms with E-state index in [1.54, 1.807) is 6.07 Å². The van der Waals surface area contributed by atoms with Crippen LogP contribution in [0.3, 0.4) is 0 Å². The molecule has 0 amide bonds. The molecule has 106 valence electrons. The van der Waals surface area contributed by atoms with E-state index in [2.05, 4.69) is 4.72 Å². The van der Waals surface area contributed by atoms with Gasteiger partial charge < -0.3 is 9.84 Å². The number of hydrogen-bond acceptors (Lipinski definition) is 4. The molecule has 6 nitrogen and oxygen atoms in total. The molecular formula is C12H17NO5S. The van der Waals surface area contributed by atoms with E-state index in [9.17, 15) is 13.2 Å². The van der Waals surface area contributed by atoms with E-state index in [0.717, 1.165) is 5.56 Å². The van der Waals surface area contributed by atoms with Gasteiger partial charge in [-0.3, -0.25) is 4.72 Å². The van der Waals surface area contributed by atoms with Gasteiger partial charge in [0, 0.05) is 7.11 Å². The smallest absolute Gasteiger partial charge is 0.337 e. The number of aryl methyl sites for hydroxylation is 1. The van der Waals surface area contributed by atoms with Gasteiger partial charge in [-0.2, -0.15) is 0 Å². The molecule has 19 heavy (non-hydrogen) atoms. The molecular weight excluding hydrogens is 270 g/mol. The van der Waals surface area contributed by atoms with E-state index in [1.165, 1.54) is 19.2 Å². The van der Waals surface area contributed by atoms with Crippen LogP contribution < -0.4 is 4.72 Å². The van der Waals surface area contributed by atoms with Gasteiger partial charge in [-0.05, 0) is 24.1 Å². The largest absolute Gasteiger partial charge is 0.478 e. The molecule has 0 aliphatic heterocycles. The van der Waals surface area contributed by atoms with Gasteiger partial charge in [-0.15, -0.1) is 0 Å². The zero-order chi connectivity index (χ0) is 14.5. The molecule has 1 aromatic carbocycles. The maximum Gasteiger partial charge on any atom is 0.337 e. The molecule has 1 rings (SSSR count). The average Bonchev–Trinajstić information content (AvgIpc) is 2.36. The van der Waals surface area contributed by atoms with Crippen LogP contribution in [0.4, 0.5) is 5.69 Å². The third kappa shape index (κ3) is 4.53. The number of nitrogens with one attached hydrogen (secondary N) is 1. The van der Waals surface area contributed by atoms with E-state index >= 15 is 0 Å². The van der Waals surface area contributed by atoms with Crippen LogP contribution in [0.2, 0.25) is 0 Å². The van der Waals surface area contributed by atoms with E-state index in [1.807, 2.05) is 6.92 Å². The zero-order valence-corrected chi connectivity index (χ0v) is 11.7. The predicted octanol–water partition coefficient (Wildman–Crippen LogP) is 1.34. The van der Waals surface area contributed by atoms with Crippen LogP contribution in [0.25, 0.3) is 0 Å². The molecule has 0 bridgehead atoms. The highest BCUT2D eigenvalue weighted by Gasteiger charge is 2.16. The lowest BCUT2D eigenvalue weighted by molar-refractivity contribution is 0.0698. The third-order valence-corrected chi connectivity index (χ3v) is 3.78. The Labute approximate surface area is 112 Å². The summed E-state index contributed by atoms with van der Waals surface area (Å²) in [6.07, 6.45) is 0.678. The highest BCUT2D eigenvalue weighted by atomic mass is 32.2. The van der Waals surface area contributed by atoms with Gasteiger partial charge >= 0.3 is 5.97 Å². The Kier molecular flexibility index (Phi) is 5.31. The lowest BCUT2D eigenvalue weighted by Gasteiger charge is -2.11. The molecule has 0 saturated carbocycles. The number of methoxy groups -OCH3 is 1. The minimum absolute atomic E-state index is 0.0464. The van der Waals surface area contributed by atoms with Crippen molar-refractivity contribution in [1.82, 2.24) is 0 Å². The minimum atomic E-state index is -3.61. The van der Waals surface area contributed by atoms with Crippen LogP contribution in [0.15, 0.2) is 18.2 Å². The Morgan fingerprint density at radius 1 is 1.42 bits per heavy atom. The summed E-state index contributed by atoms with van der Waals surface area (Å²) in [6.45, 7) is 1.94. The fourth-order valence-corrected chi connectivity index (χ4v) is 2.49. The van der Waals surface area contributed by atoms with Crippen molar-refractivity contribution in [2.24, 2.45) is 0 Å². The van der Waals surface area contributed by atoms with Crippen LogP contribution in [-0.2, 0) is 21.2 Å². The Balaban J connectivity index is 3.04. The number of sulfonamides is 1. The maximum absolute atomic E-state index is 11.7. The first kappa shape index (κ1) is 15.5. The monoisotopic (exact) mass is 287 g/mol. The predicted molar refractivity (Wildman–Crippen MR) is 72.1 cm³/mol. The molecule has 0 spiro atoms. The van der Waals surface area contributed by atoms with Gasteiger partial charge in [0.1, 0.15) is 0 Å². The molecule has 2 N–H and O–H groups in total. The third-order valence-electron chi connectivity index (χ3n) is 2.54. The van der Waals surface area contributed by atoms with E-state index in [4.69, 9.17) is 9.84 Å². The number of benzene rings is 1. The van der Waals surface area contributed by atoms with Crippen LogP contribution >= 0.6 is 0 Å². The molecule has 1 aromatic rings. The first-order chi connectivity index (χ1) is 8.89. The summed E-state index contributed by atoms with van der Waals surface area (Å²) >= 11 is 0. The second-order valence-corrected chi connectivity index (χ2v) is 5.79. The van der Waals surface area contributed by atoms with Gasteiger partial charge in [-0.1, -0.05) is 13.0 Å². The van der Waals surface area contributed by atoms with Gasteiger partial charge in [0.2, 0.25) is 10.0 Å². The van der Waals surface area contributed by atoms with Crippen molar-refractivity contribution in [3.8, 4) is 0 Å². The first-order valence-electron chi connectivity index (χ1n) is 5.75. The number of aromatic carboxylic acids is 1. The fourth-order valence-electron chi connectivity index (χ4n) is 1.49. The van der Waals surface area contributed by atoms with Gasteiger partial charge in [-0.25, -0.2) is 13.2 Å². The van der Waals surface area contributed by atoms with Crippen LogP contribution in [0.5, 0.6) is 0 Å². The first-order valence-corrected chi connectivity index (χ1v) is 7.40. The molecule has 0 fully saturated rings. The minimum Gasteiger partial charge on any atom is -0.478 e. The summed E-state index contributed by atoms with van der Waals surface area (Å²) in [6, 6.07) is 4.63. The number of anilines is 1. The standard InChI is InChI=1S/C12H17NO5S/c1-3-9-4-5-11(10(8-9)12(14)15)13-19(16,17)7-6-18-2/h4-5,8,13H,3,6-7H2,1-2H3,(H,14,15). The van der Waals surface area contributed by atoms with E-state index in [0.29, 0.717) is 6.42 Å². The molecule has 0 heterocycles. The molecule has 7 heteroatoms. The molecule has 0 aliphatic carbocycles. The summed E-state index contributed by atoms with van der Waals surface area (Å²) in [5.41, 5.74) is 0.846. The summed E-state index contributed by atoms with van der Waals surface area (Å²) in [5.74, 6) is -1.39. The molecule has 0 aliphatic rings. The Morgan fingerprint density at radius 2 is 2.11 bits per heavy atom. The number of carboxylic acids is 1. The Hall–Kier alpha value is -1.60. The van der Waals surface area contributed by atoms with Crippen LogP contribution in [-0.4, -0.2) is 39.0 Å². The number of carbonyl (C=O) groups is 1. The number of hydrogen-bond donors (Lipinski definition) is 2. The molecule has 0 saturated heterocycles. The van der Waals surface area contributed by atoms with Gasteiger partial charge in [0.25, 0.3) is 0 Å². The molecule has 0 aromatic heterocycles. The second-order valence-electron chi connectivity index (χ2n) is 3.95. The normalized spacial score (nSPS) is 11.3. The number of ether oxygens (including phenoxy) is 1. The molecule has 0 unspecified atom stereocenters. The van der Waals surface area contributed by atoms with Crippen LogP contribution in [0, 0.1) is 0 Å². The number of rotatable bonds is 7. The van der Waals surface area contributed by atoms with Crippen molar-refractivity contribution in [2.75, 3.05) is 24.2 Å². The second kappa shape index (κ2) is 6.53. The lowest BCUT2D eigenvalue weighted by atomic mass is 10.1. The quantitative estimate of drug-likeness (QED) is 0.789. The number of carboxylic acid groups (broad SMARTS) is 1. The fraction of sp³-hybridized carbons (Fsp3) is 0.417. The maximum atomic E-state index is 11.7. The Morgan fingerprint density at radius 3 is 2.63 bits per heavy atom. The highest BCUT2D eigenvalue weighted by Crippen LogP contribution is 2.19. The summed E-state index contributed by atoms with van der Waals surface area (Å²) in [4.78, 5) is 11.1. The zero-order valence-electron chi connectivity index (χ0n) is 10.8. The molecule has 0 atom stereocenters. The van der Waals surface area contributed by atoms with Crippen molar-refractivity contribution in [2.45, 2.75) is 13.3 Å². The van der Waals surface area contributed by atoms with Crippen molar-refractivity contribution in [3.05, 3.63) is 29.3 Å². The van der Waals surface area contributed by atoms with Crippen LogP contribution in [0.1, 0.15) is 22.8 Å². The summed E-state index contributed by atoms with van der Waals surface area (Å²) < 4.78 is 30.4. The topological polar surface area (TPSA) is 92.7 Å². The lowest BCUT2D eigenvalue weighted by Crippen LogP contribution is -2.21. The Bertz CT molecular complexity index is 553. The average molecular weight is 287 g/mol. The SMILES string of the molecule is CCc1ccc(NS(=O)(=O)CCOC)c(C(=O)O)c1. The summed E-state index contributed by atoms with van der Waals surface area (Å²) in [7, 11) is -2.21. The van der Waals surface area contributed by atoms with E-state index in [-0.39, 0.29) is 23.6 Å². The highest BCUT2D eigenvalue weighted by molar-refractivity contribution is 7.92. The van der Waals surface area contributed by atoms with Gasteiger partial charge in [0.15, 0.2) is 0 Å². The van der Waals surface area contributed by atoms with Crippen molar-refractivity contribution in [1.29, 1.82) is 0 Å². The van der Waals surface area contributed by atoms with Crippen molar-refractivity contribution < 1.29 is 23.1 Å².